The summed E-state index contributed by atoms with van der Waals surface area (Å²) >= 11 is 0. The van der Waals surface area contributed by atoms with Crippen LogP contribution in [0.1, 0.15) is 18.4 Å². The van der Waals surface area contributed by atoms with E-state index in [0.29, 0.717) is 6.10 Å². The molecule has 1 heterocycles. The Hall–Kier alpha value is -0.900. The highest BCUT2D eigenvalue weighted by Gasteiger charge is 2.16. The summed E-state index contributed by atoms with van der Waals surface area (Å²) in [6, 6.07) is 10.3. The molecule has 1 N–H and O–H groups in total. The molecule has 88 valence electrons. The van der Waals surface area contributed by atoms with Crippen LogP contribution in [-0.4, -0.2) is 31.1 Å². The Morgan fingerprint density at radius 1 is 1.25 bits per heavy atom. The van der Waals surface area contributed by atoms with E-state index in [-0.39, 0.29) is 0 Å². The van der Waals surface area contributed by atoms with Crippen molar-refractivity contribution in [2.24, 2.45) is 0 Å². The van der Waals surface area contributed by atoms with E-state index >= 15 is 0 Å². The molecular weight excluding hydrogens is 200 g/mol. The van der Waals surface area contributed by atoms with E-state index in [1.54, 1.807) is 0 Å². The molecular formula is C13H20N2O. The van der Waals surface area contributed by atoms with Gasteiger partial charge in [-0.1, -0.05) is 30.3 Å². The van der Waals surface area contributed by atoms with Crippen LogP contribution in [0.25, 0.3) is 0 Å². The summed E-state index contributed by atoms with van der Waals surface area (Å²) in [5, 5.41) is 0. The van der Waals surface area contributed by atoms with Crippen LogP contribution in [0.5, 0.6) is 0 Å². The number of nitrogens with one attached hydrogen (secondary N) is 1. The molecule has 0 aromatic heterocycles. The fraction of sp³-hybridized carbons (Fsp3) is 0.538. The van der Waals surface area contributed by atoms with Gasteiger partial charge in [0.25, 0.3) is 0 Å². The predicted molar refractivity (Wildman–Crippen MR) is 64.9 cm³/mol. The van der Waals surface area contributed by atoms with Gasteiger partial charge in [0.15, 0.2) is 0 Å². The molecule has 16 heavy (non-hydrogen) atoms. The highest BCUT2D eigenvalue weighted by atomic mass is 16.7. The molecule has 0 radical (unpaired) electrons. The topological polar surface area (TPSA) is 24.5 Å². The van der Waals surface area contributed by atoms with Crippen LogP contribution in [0, 0.1) is 0 Å². The van der Waals surface area contributed by atoms with Crippen LogP contribution >= 0.6 is 0 Å². The first kappa shape index (κ1) is 11.6. The molecule has 0 spiro atoms. The zero-order valence-electron chi connectivity index (χ0n) is 9.86. The Labute approximate surface area is 97.4 Å². The highest BCUT2D eigenvalue weighted by Crippen LogP contribution is 2.11. The van der Waals surface area contributed by atoms with E-state index in [4.69, 9.17) is 4.84 Å². The van der Waals surface area contributed by atoms with E-state index < -0.39 is 0 Å². The van der Waals surface area contributed by atoms with Gasteiger partial charge in [-0.15, -0.1) is 0 Å². The van der Waals surface area contributed by atoms with Crippen LogP contribution in [0.3, 0.4) is 0 Å². The van der Waals surface area contributed by atoms with Crippen molar-refractivity contribution in [2.45, 2.75) is 25.5 Å². The predicted octanol–water partition coefficient (Wildman–Crippen LogP) is 1.80. The second-order valence-corrected chi connectivity index (χ2v) is 4.43. The molecule has 0 bridgehead atoms. The summed E-state index contributed by atoms with van der Waals surface area (Å²) in [4.78, 5) is 8.00. The fourth-order valence-corrected chi connectivity index (χ4v) is 1.94. The summed E-state index contributed by atoms with van der Waals surface area (Å²) in [7, 11) is 2.16. The van der Waals surface area contributed by atoms with Gasteiger partial charge < -0.3 is 4.90 Å². The standard InChI is InChI=1S/C13H20N2O/c1-15-9-7-13(8-10-15)16-14-11-12-5-3-2-4-6-12/h2-6,13-14H,7-11H2,1H3. The minimum atomic E-state index is 0.375. The monoisotopic (exact) mass is 220 g/mol. The molecule has 2 rings (SSSR count). The maximum absolute atomic E-state index is 5.66. The molecule has 3 heteroatoms. The first-order chi connectivity index (χ1) is 7.84. The van der Waals surface area contributed by atoms with Crippen LogP contribution in [0.15, 0.2) is 30.3 Å². The molecule has 0 unspecified atom stereocenters. The summed E-state index contributed by atoms with van der Waals surface area (Å²) < 4.78 is 0. The normalized spacial score (nSPS) is 18.8. The lowest BCUT2D eigenvalue weighted by Gasteiger charge is -2.28. The highest BCUT2D eigenvalue weighted by molar-refractivity contribution is 5.13. The molecule has 3 nitrogen and oxygen atoms in total. The van der Waals surface area contributed by atoms with E-state index in [1.807, 2.05) is 18.2 Å². The Bertz CT molecular complexity index is 294. The number of piperidine rings is 1. The zero-order valence-corrected chi connectivity index (χ0v) is 9.86. The SMILES string of the molecule is CN1CCC(ONCc2ccccc2)CC1. The fourth-order valence-electron chi connectivity index (χ4n) is 1.94. The van der Waals surface area contributed by atoms with Crippen LogP contribution in [0.4, 0.5) is 0 Å². The van der Waals surface area contributed by atoms with Crippen molar-refractivity contribution in [3.05, 3.63) is 35.9 Å². The number of nitrogens with zero attached hydrogens (tertiary/aromatic N) is 1. The van der Waals surface area contributed by atoms with Crippen molar-refractivity contribution in [3.63, 3.8) is 0 Å². The molecule has 0 aliphatic carbocycles. The Kier molecular flexibility index (Phi) is 4.34. The van der Waals surface area contributed by atoms with Crippen molar-refractivity contribution in [2.75, 3.05) is 20.1 Å². The van der Waals surface area contributed by atoms with Gasteiger partial charge in [-0.2, -0.15) is 5.48 Å². The van der Waals surface area contributed by atoms with Crippen LogP contribution in [0.2, 0.25) is 0 Å². The second kappa shape index (κ2) is 5.99. The van der Waals surface area contributed by atoms with E-state index in [2.05, 4.69) is 29.6 Å². The average Bonchev–Trinajstić information content (AvgIpc) is 2.33. The van der Waals surface area contributed by atoms with E-state index in [1.165, 1.54) is 5.56 Å². The summed E-state index contributed by atoms with van der Waals surface area (Å²) in [6.45, 7) is 3.06. The van der Waals surface area contributed by atoms with Crippen molar-refractivity contribution < 1.29 is 4.84 Å². The average molecular weight is 220 g/mol. The van der Waals surface area contributed by atoms with Crippen LogP contribution in [-0.2, 0) is 11.4 Å². The smallest absolute Gasteiger partial charge is 0.0814 e. The van der Waals surface area contributed by atoms with Gasteiger partial charge in [-0.05, 0) is 25.5 Å². The van der Waals surface area contributed by atoms with Crippen molar-refractivity contribution in [1.29, 1.82) is 0 Å². The molecule has 0 atom stereocenters. The second-order valence-electron chi connectivity index (χ2n) is 4.43. The summed E-state index contributed by atoms with van der Waals surface area (Å²) in [5.41, 5.74) is 4.33. The van der Waals surface area contributed by atoms with Gasteiger partial charge in [0, 0.05) is 19.6 Å². The largest absolute Gasteiger partial charge is 0.306 e. The van der Waals surface area contributed by atoms with Gasteiger partial charge in [-0.25, -0.2) is 0 Å². The molecule has 1 aliphatic rings. The minimum Gasteiger partial charge on any atom is -0.306 e. The third kappa shape index (κ3) is 3.59. The Morgan fingerprint density at radius 2 is 1.94 bits per heavy atom. The van der Waals surface area contributed by atoms with E-state index in [0.717, 1.165) is 32.5 Å². The Balaban J connectivity index is 1.65. The summed E-state index contributed by atoms with van der Waals surface area (Å²) in [6.07, 6.45) is 2.62. The van der Waals surface area contributed by atoms with Crippen molar-refractivity contribution >= 4 is 0 Å². The Morgan fingerprint density at radius 3 is 2.62 bits per heavy atom. The third-order valence-electron chi connectivity index (χ3n) is 3.03. The number of hydrogen-bond donors (Lipinski definition) is 1. The molecule has 0 amide bonds. The molecule has 1 aromatic rings. The molecule has 1 aromatic carbocycles. The number of rotatable bonds is 4. The van der Waals surface area contributed by atoms with Gasteiger partial charge in [0.05, 0.1) is 6.10 Å². The van der Waals surface area contributed by atoms with Gasteiger partial charge in [0.2, 0.25) is 0 Å². The molecule has 0 saturated carbocycles. The lowest BCUT2D eigenvalue weighted by Crippen LogP contribution is -2.36. The number of hydrogen-bond acceptors (Lipinski definition) is 3. The van der Waals surface area contributed by atoms with Crippen molar-refractivity contribution in [3.8, 4) is 0 Å². The number of likely N-dealkylation sites (tertiary alicyclic amines) is 1. The van der Waals surface area contributed by atoms with Gasteiger partial charge in [0.1, 0.15) is 0 Å². The van der Waals surface area contributed by atoms with Crippen LogP contribution < -0.4 is 5.48 Å². The quantitative estimate of drug-likeness (QED) is 0.783. The number of benzene rings is 1. The molecule has 1 fully saturated rings. The maximum Gasteiger partial charge on any atom is 0.0814 e. The summed E-state index contributed by atoms with van der Waals surface area (Å²) in [5.74, 6) is 0. The number of hydroxylamine groups is 1. The molecule has 1 saturated heterocycles. The van der Waals surface area contributed by atoms with Gasteiger partial charge in [-0.3, -0.25) is 4.84 Å². The zero-order chi connectivity index (χ0) is 11.2. The lowest BCUT2D eigenvalue weighted by atomic mass is 10.1. The van der Waals surface area contributed by atoms with Crippen molar-refractivity contribution in [1.82, 2.24) is 10.4 Å². The minimum absolute atomic E-state index is 0.375. The maximum atomic E-state index is 5.66. The van der Waals surface area contributed by atoms with E-state index in [9.17, 15) is 0 Å². The first-order valence-electron chi connectivity index (χ1n) is 5.95. The molecule has 1 aliphatic heterocycles. The lowest BCUT2D eigenvalue weighted by molar-refractivity contribution is -0.0541. The van der Waals surface area contributed by atoms with Gasteiger partial charge >= 0.3 is 0 Å². The third-order valence-corrected chi connectivity index (χ3v) is 3.03. The first-order valence-corrected chi connectivity index (χ1v) is 5.95.